The van der Waals surface area contributed by atoms with E-state index in [-0.39, 0.29) is 30.3 Å². The first kappa shape index (κ1) is 24.0. The molecule has 182 valence electrons. The van der Waals surface area contributed by atoms with Crippen LogP contribution in [0, 0.1) is 5.82 Å². The quantitative estimate of drug-likeness (QED) is 0.279. The van der Waals surface area contributed by atoms with Crippen molar-refractivity contribution in [3.8, 4) is 11.5 Å². The summed E-state index contributed by atoms with van der Waals surface area (Å²) in [7, 11) is 0. The van der Waals surface area contributed by atoms with Gasteiger partial charge in [-0.3, -0.25) is 4.79 Å². The van der Waals surface area contributed by atoms with Gasteiger partial charge in [-0.05, 0) is 42.7 Å². The Balaban J connectivity index is 1.71. The van der Waals surface area contributed by atoms with Gasteiger partial charge in [-0.2, -0.15) is 0 Å². The first-order valence-corrected chi connectivity index (χ1v) is 11.1. The summed E-state index contributed by atoms with van der Waals surface area (Å²) in [5.41, 5.74) is 0.0292. The van der Waals surface area contributed by atoms with Gasteiger partial charge in [-0.15, -0.1) is 0 Å². The predicted octanol–water partition coefficient (Wildman–Crippen LogP) is 2.48. The monoisotopic (exact) mass is 472 g/mol. The lowest BCUT2D eigenvalue weighted by Gasteiger charge is -2.25. The van der Waals surface area contributed by atoms with Gasteiger partial charge >= 0.3 is 0 Å². The van der Waals surface area contributed by atoms with Gasteiger partial charge in [-0.1, -0.05) is 19.9 Å². The number of fused-ring (bicyclic) bond motifs is 1. The Bertz CT molecular complexity index is 1250. The number of anilines is 1. The summed E-state index contributed by atoms with van der Waals surface area (Å²) < 4.78 is 16.8. The minimum absolute atomic E-state index is 0.0113. The van der Waals surface area contributed by atoms with Crippen LogP contribution in [-0.2, 0) is 22.2 Å². The number of aromatic nitrogens is 1. The van der Waals surface area contributed by atoms with E-state index in [0.29, 0.717) is 35.0 Å². The largest absolute Gasteiger partial charge is 0.504 e. The molecule has 1 aliphatic rings. The van der Waals surface area contributed by atoms with Crippen molar-refractivity contribution in [1.82, 2.24) is 4.57 Å². The first-order chi connectivity index (χ1) is 16.0. The highest BCUT2D eigenvalue weighted by molar-refractivity contribution is 6.02. The molecule has 3 aromatic rings. The molecule has 4 rings (SSSR count). The Morgan fingerprint density at radius 2 is 1.85 bits per heavy atom. The van der Waals surface area contributed by atoms with Gasteiger partial charge in [0.2, 0.25) is 5.91 Å². The van der Waals surface area contributed by atoms with Crippen LogP contribution in [0.2, 0.25) is 0 Å². The molecule has 1 aromatic heterocycles. The highest BCUT2D eigenvalue weighted by atomic mass is 19.1. The second kappa shape index (κ2) is 8.57. The molecule has 0 radical (unpaired) electrons. The van der Waals surface area contributed by atoms with Crippen molar-refractivity contribution in [2.45, 2.75) is 50.2 Å². The van der Waals surface area contributed by atoms with Crippen molar-refractivity contribution in [2.75, 3.05) is 18.5 Å². The molecule has 6 N–H and O–H groups in total. The lowest BCUT2D eigenvalue weighted by atomic mass is 9.90. The van der Waals surface area contributed by atoms with Gasteiger partial charge in [0, 0.05) is 22.6 Å². The SMILES string of the molecule is CC(C)(CO)c1cc2cc(NC(=O)C3(c4ccc(O)c(O)c4)CC3)c(F)cc2n1CC(O)CO. The normalized spacial score (nSPS) is 15.9. The number of aromatic hydroxyl groups is 2. The highest BCUT2D eigenvalue weighted by Gasteiger charge is 2.51. The Hall–Kier alpha value is -3.14. The second-order valence-corrected chi connectivity index (χ2v) is 9.65. The minimum atomic E-state index is -1.07. The fourth-order valence-corrected chi connectivity index (χ4v) is 4.32. The average molecular weight is 473 g/mol. The molecule has 0 spiro atoms. The molecule has 8 nitrogen and oxygen atoms in total. The lowest BCUT2D eigenvalue weighted by molar-refractivity contribution is -0.118. The fraction of sp³-hybridized carbons (Fsp3) is 0.400. The van der Waals surface area contributed by atoms with Crippen LogP contribution < -0.4 is 5.32 Å². The van der Waals surface area contributed by atoms with Gasteiger partial charge < -0.3 is 35.4 Å². The van der Waals surface area contributed by atoms with E-state index in [1.54, 1.807) is 16.7 Å². The van der Waals surface area contributed by atoms with Crippen molar-refractivity contribution in [3.05, 3.63) is 53.5 Å². The number of aliphatic hydroxyl groups is 3. The Morgan fingerprint density at radius 3 is 2.44 bits per heavy atom. The number of nitrogens with zero attached hydrogens (tertiary/aromatic N) is 1. The van der Waals surface area contributed by atoms with Crippen molar-refractivity contribution in [2.24, 2.45) is 0 Å². The van der Waals surface area contributed by atoms with E-state index in [0.717, 1.165) is 0 Å². The smallest absolute Gasteiger partial charge is 0.235 e. The number of hydrogen-bond acceptors (Lipinski definition) is 6. The number of nitrogens with one attached hydrogen (secondary N) is 1. The van der Waals surface area contributed by atoms with E-state index >= 15 is 4.39 Å². The molecule has 1 saturated carbocycles. The number of amides is 1. The van der Waals surface area contributed by atoms with Crippen molar-refractivity contribution < 1.29 is 34.7 Å². The maximum Gasteiger partial charge on any atom is 0.235 e. The van der Waals surface area contributed by atoms with Crippen LogP contribution in [0.25, 0.3) is 10.9 Å². The lowest BCUT2D eigenvalue weighted by Crippen LogP contribution is -2.29. The molecule has 1 fully saturated rings. The molecule has 0 bridgehead atoms. The van der Waals surface area contributed by atoms with E-state index in [1.165, 1.54) is 24.3 Å². The number of benzene rings is 2. The van der Waals surface area contributed by atoms with Gasteiger partial charge in [0.25, 0.3) is 0 Å². The Labute approximate surface area is 195 Å². The summed E-state index contributed by atoms with van der Waals surface area (Å²) in [6.07, 6.45) is -0.0170. The number of rotatable bonds is 8. The summed E-state index contributed by atoms with van der Waals surface area (Å²) in [6, 6.07) is 8.77. The first-order valence-electron chi connectivity index (χ1n) is 11.1. The topological polar surface area (TPSA) is 135 Å². The van der Waals surface area contributed by atoms with E-state index in [9.17, 15) is 30.3 Å². The molecule has 1 heterocycles. The predicted molar refractivity (Wildman–Crippen MR) is 124 cm³/mol. The third kappa shape index (κ3) is 4.11. The van der Waals surface area contributed by atoms with Crippen LogP contribution >= 0.6 is 0 Å². The Morgan fingerprint density at radius 1 is 1.15 bits per heavy atom. The molecular formula is C25H29FN2O6. The van der Waals surface area contributed by atoms with Gasteiger partial charge in [0.15, 0.2) is 11.5 Å². The van der Waals surface area contributed by atoms with Crippen molar-refractivity contribution in [1.29, 1.82) is 0 Å². The van der Waals surface area contributed by atoms with Gasteiger partial charge in [-0.25, -0.2) is 4.39 Å². The van der Waals surface area contributed by atoms with Crippen LogP contribution in [0.3, 0.4) is 0 Å². The molecule has 1 aliphatic carbocycles. The third-order valence-corrected chi connectivity index (χ3v) is 6.64. The average Bonchev–Trinajstić information content (AvgIpc) is 3.55. The zero-order valence-electron chi connectivity index (χ0n) is 19.0. The number of halogens is 1. The molecule has 1 amide bonds. The molecule has 9 heteroatoms. The zero-order valence-corrected chi connectivity index (χ0v) is 19.0. The van der Waals surface area contributed by atoms with Crippen LogP contribution in [0.5, 0.6) is 11.5 Å². The molecular weight excluding hydrogens is 443 g/mol. The van der Waals surface area contributed by atoms with Gasteiger partial charge in [0.1, 0.15) is 5.82 Å². The molecule has 1 atom stereocenters. The number of phenolic OH excluding ortho intramolecular Hbond substituents is 2. The highest BCUT2D eigenvalue weighted by Crippen LogP contribution is 2.50. The summed E-state index contributed by atoms with van der Waals surface area (Å²) >= 11 is 0. The summed E-state index contributed by atoms with van der Waals surface area (Å²) in [5, 5.41) is 51.8. The van der Waals surface area contributed by atoms with Gasteiger partial charge in [0.05, 0.1) is 42.5 Å². The summed E-state index contributed by atoms with van der Waals surface area (Å²) in [4.78, 5) is 13.1. The summed E-state index contributed by atoms with van der Waals surface area (Å²) in [5.74, 6) is -1.69. The van der Waals surface area contributed by atoms with E-state index in [4.69, 9.17) is 0 Å². The zero-order chi connectivity index (χ0) is 24.8. The van der Waals surface area contributed by atoms with Crippen LogP contribution in [0.15, 0.2) is 36.4 Å². The van der Waals surface area contributed by atoms with E-state index in [1.807, 2.05) is 13.8 Å². The molecule has 0 saturated heterocycles. The van der Waals surface area contributed by atoms with E-state index < -0.39 is 35.3 Å². The standard InChI is InChI=1S/C25H29FN2O6/c1-24(2,13-30)22-8-14-7-18(17(26)10-19(14)28(22)11-16(31)12-29)27-23(34)25(5-6-25)15-3-4-20(32)21(33)9-15/h3-4,7-10,16,29-33H,5-6,11-13H2,1-2H3,(H,27,34). The molecule has 2 aromatic carbocycles. The maximum absolute atomic E-state index is 15.1. The Kier molecular flexibility index (Phi) is 6.05. The van der Waals surface area contributed by atoms with Crippen LogP contribution in [0.1, 0.15) is 37.9 Å². The van der Waals surface area contributed by atoms with E-state index in [2.05, 4.69) is 5.32 Å². The number of phenols is 2. The molecule has 0 aliphatic heterocycles. The van der Waals surface area contributed by atoms with Crippen molar-refractivity contribution >= 4 is 22.5 Å². The van der Waals surface area contributed by atoms with Crippen molar-refractivity contribution in [3.63, 3.8) is 0 Å². The summed E-state index contributed by atoms with van der Waals surface area (Å²) in [6.45, 7) is 2.98. The molecule has 34 heavy (non-hydrogen) atoms. The third-order valence-electron chi connectivity index (χ3n) is 6.64. The van der Waals surface area contributed by atoms with Crippen LogP contribution in [-0.4, -0.2) is 55.3 Å². The number of carbonyl (C=O) groups is 1. The number of aliphatic hydroxyl groups excluding tert-OH is 3. The second-order valence-electron chi connectivity index (χ2n) is 9.65. The van der Waals surface area contributed by atoms with Crippen LogP contribution in [0.4, 0.5) is 10.1 Å². The molecule has 1 unspecified atom stereocenters. The number of carbonyl (C=O) groups excluding carboxylic acids is 1. The fourth-order valence-electron chi connectivity index (χ4n) is 4.32. The minimum Gasteiger partial charge on any atom is -0.504 e. The maximum atomic E-state index is 15.1. The number of hydrogen-bond donors (Lipinski definition) is 6.